The first kappa shape index (κ1) is 18.1. The molecule has 1 fully saturated rings. The molecule has 0 spiro atoms. The van der Waals surface area contributed by atoms with Crippen LogP contribution in [0.4, 0.5) is 0 Å². The zero-order valence-electron chi connectivity index (χ0n) is 15.6. The van der Waals surface area contributed by atoms with E-state index in [2.05, 4.69) is 4.98 Å². The van der Waals surface area contributed by atoms with E-state index in [1.54, 1.807) is 18.3 Å². The molecule has 1 aliphatic heterocycles. The number of amides is 1. The van der Waals surface area contributed by atoms with Crippen LogP contribution in [-0.2, 0) is 9.47 Å². The van der Waals surface area contributed by atoms with Crippen molar-refractivity contribution in [3.8, 4) is 11.1 Å². The van der Waals surface area contributed by atoms with Crippen molar-refractivity contribution in [3.63, 3.8) is 0 Å². The maximum Gasteiger partial charge on any atom is 0.337 e. The van der Waals surface area contributed by atoms with Crippen molar-refractivity contribution in [2.75, 3.05) is 33.4 Å². The van der Waals surface area contributed by atoms with Gasteiger partial charge in [0.15, 0.2) is 0 Å². The minimum absolute atomic E-state index is 0.000965. The summed E-state index contributed by atoms with van der Waals surface area (Å²) in [5, 5.41) is 0.896. The lowest BCUT2D eigenvalue weighted by Gasteiger charge is -2.27. The average Bonchev–Trinajstić information content (AvgIpc) is 2.78. The van der Waals surface area contributed by atoms with E-state index < -0.39 is 0 Å². The fourth-order valence-corrected chi connectivity index (χ4v) is 3.38. The predicted molar refractivity (Wildman–Crippen MR) is 105 cm³/mol. The quantitative estimate of drug-likeness (QED) is 0.657. The zero-order chi connectivity index (χ0) is 19.5. The standard InChI is InChI=1S/C22H20N2O4/c1-27-22(26)16-4-2-15(3-5-16)18-8-9-23-20-7-6-17(14-19(18)20)21(25)24-10-12-28-13-11-24/h2-9,14H,10-13H2,1H3. The molecule has 1 amide bonds. The van der Waals surface area contributed by atoms with Gasteiger partial charge in [0.2, 0.25) is 0 Å². The second-order valence-corrected chi connectivity index (χ2v) is 6.56. The monoisotopic (exact) mass is 376 g/mol. The first-order valence-electron chi connectivity index (χ1n) is 9.12. The van der Waals surface area contributed by atoms with E-state index in [4.69, 9.17) is 9.47 Å². The molecule has 6 nitrogen and oxygen atoms in total. The zero-order valence-corrected chi connectivity index (χ0v) is 15.6. The maximum atomic E-state index is 12.8. The molecule has 0 unspecified atom stereocenters. The molecule has 1 aliphatic rings. The molecule has 3 aromatic rings. The first-order chi connectivity index (χ1) is 13.7. The molecule has 6 heteroatoms. The van der Waals surface area contributed by atoms with E-state index in [1.807, 2.05) is 41.3 Å². The van der Waals surface area contributed by atoms with Crippen molar-refractivity contribution < 1.29 is 19.1 Å². The van der Waals surface area contributed by atoms with Gasteiger partial charge >= 0.3 is 5.97 Å². The number of hydrogen-bond donors (Lipinski definition) is 0. The Labute approximate surface area is 162 Å². The summed E-state index contributed by atoms with van der Waals surface area (Å²) in [5.41, 5.74) is 3.84. The van der Waals surface area contributed by atoms with E-state index in [9.17, 15) is 9.59 Å². The van der Waals surface area contributed by atoms with Crippen molar-refractivity contribution in [2.24, 2.45) is 0 Å². The molecule has 1 aromatic heterocycles. The third kappa shape index (κ3) is 3.46. The Morgan fingerprint density at radius 2 is 1.71 bits per heavy atom. The number of hydrogen-bond acceptors (Lipinski definition) is 5. The van der Waals surface area contributed by atoms with Gasteiger partial charge < -0.3 is 14.4 Å². The molecular weight excluding hydrogens is 356 g/mol. The summed E-state index contributed by atoms with van der Waals surface area (Å²) in [6.45, 7) is 2.34. The van der Waals surface area contributed by atoms with E-state index in [-0.39, 0.29) is 11.9 Å². The highest BCUT2D eigenvalue weighted by Crippen LogP contribution is 2.29. The number of pyridine rings is 1. The van der Waals surface area contributed by atoms with Crippen LogP contribution in [0.25, 0.3) is 22.0 Å². The lowest BCUT2D eigenvalue weighted by molar-refractivity contribution is 0.0303. The number of fused-ring (bicyclic) bond motifs is 1. The number of benzene rings is 2. The number of rotatable bonds is 3. The molecule has 28 heavy (non-hydrogen) atoms. The number of morpholine rings is 1. The van der Waals surface area contributed by atoms with E-state index in [0.29, 0.717) is 37.4 Å². The summed E-state index contributed by atoms with van der Waals surface area (Å²) in [5.74, 6) is -0.370. The topological polar surface area (TPSA) is 68.7 Å². The second-order valence-electron chi connectivity index (χ2n) is 6.56. The number of carbonyl (C=O) groups is 2. The smallest absolute Gasteiger partial charge is 0.337 e. The van der Waals surface area contributed by atoms with Crippen LogP contribution in [0.2, 0.25) is 0 Å². The molecule has 0 radical (unpaired) electrons. The first-order valence-corrected chi connectivity index (χ1v) is 9.12. The molecule has 0 bridgehead atoms. The van der Waals surface area contributed by atoms with Gasteiger partial charge in [-0.25, -0.2) is 4.79 Å². The Morgan fingerprint density at radius 1 is 1.00 bits per heavy atom. The molecular formula is C22H20N2O4. The highest BCUT2D eigenvalue weighted by atomic mass is 16.5. The Kier molecular flexibility index (Phi) is 5.04. The van der Waals surface area contributed by atoms with Gasteiger partial charge in [0.05, 0.1) is 31.4 Å². The fourth-order valence-electron chi connectivity index (χ4n) is 3.38. The summed E-state index contributed by atoms with van der Waals surface area (Å²) in [6.07, 6.45) is 1.75. The number of nitrogens with zero attached hydrogens (tertiary/aromatic N) is 2. The van der Waals surface area contributed by atoms with Gasteiger partial charge in [-0.3, -0.25) is 9.78 Å². The molecule has 0 aliphatic carbocycles. The van der Waals surface area contributed by atoms with Crippen LogP contribution in [-0.4, -0.2) is 55.2 Å². The van der Waals surface area contributed by atoms with Crippen LogP contribution in [0.15, 0.2) is 54.7 Å². The third-order valence-corrected chi connectivity index (χ3v) is 4.90. The molecule has 0 N–H and O–H groups in total. The lowest BCUT2D eigenvalue weighted by atomic mass is 9.98. The van der Waals surface area contributed by atoms with Crippen molar-refractivity contribution in [3.05, 3.63) is 65.9 Å². The fraction of sp³-hybridized carbons (Fsp3) is 0.227. The van der Waals surface area contributed by atoms with E-state index in [1.165, 1.54) is 7.11 Å². The summed E-state index contributed by atoms with van der Waals surface area (Å²) < 4.78 is 10.1. The Balaban J connectivity index is 1.72. The average molecular weight is 376 g/mol. The third-order valence-electron chi connectivity index (χ3n) is 4.90. The highest BCUT2D eigenvalue weighted by Gasteiger charge is 2.19. The van der Waals surface area contributed by atoms with Crippen LogP contribution in [0.3, 0.4) is 0 Å². The second kappa shape index (κ2) is 7.78. The SMILES string of the molecule is COC(=O)c1ccc(-c2ccnc3ccc(C(=O)N4CCOCC4)cc23)cc1. The van der Waals surface area contributed by atoms with Crippen molar-refractivity contribution in [1.29, 1.82) is 0 Å². The largest absolute Gasteiger partial charge is 0.465 e. The van der Waals surface area contributed by atoms with Gasteiger partial charge in [0.25, 0.3) is 5.91 Å². The molecule has 0 atom stereocenters. The molecule has 2 aromatic carbocycles. The summed E-state index contributed by atoms with van der Waals surface area (Å²) in [6, 6.07) is 14.7. The van der Waals surface area contributed by atoms with E-state index in [0.717, 1.165) is 22.0 Å². The minimum atomic E-state index is -0.371. The van der Waals surface area contributed by atoms with Gasteiger partial charge in [-0.15, -0.1) is 0 Å². The maximum absolute atomic E-state index is 12.8. The van der Waals surface area contributed by atoms with Crippen LogP contribution in [0, 0.1) is 0 Å². The van der Waals surface area contributed by atoms with Crippen molar-refractivity contribution in [1.82, 2.24) is 9.88 Å². The number of aromatic nitrogens is 1. The summed E-state index contributed by atoms with van der Waals surface area (Å²) in [4.78, 5) is 30.7. The minimum Gasteiger partial charge on any atom is -0.465 e. The van der Waals surface area contributed by atoms with Crippen molar-refractivity contribution in [2.45, 2.75) is 0 Å². The summed E-state index contributed by atoms with van der Waals surface area (Å²) in [7, 11) is 1.36. The number of esters is 1. The van der Waals surface area contributed by atoms with E-state index >= 15 is 0 Å². The van der Waals surface area contributed by atoms with Crippen LogP contribution in [0.1, 0.15) is 20.7 Å². The Morgan fingerprint density at radius 3 is 2.43 bits per heavy atom. The lowest BCUT2D eigenvalue weighted by Crippen LogP contribution is -2.40. The van der Waals surface area contributed by atoms with Gasteiger partial charge in [-0.05, 0) is 47.5 Å². The molecule has 0 saturated carbocycles. The predicted octanol–water partition coefficient (Wildman–Crippen LogP) is 3.16. The van der Waals surface area contributed by atoms with Gasteiger partial charge in [0.1, 0.15) is 0 Å². The van der Waals surface area contributed by atoms with Crippen LogP contribution in [0.5, 0.6) is 0 Å². The van der Waals surface area contributed by atoms with Crippen molar-refractivity contribution >= 4 is 22.8 Å². The normalized spacial score (nSPS) is 14.1. The van der Waals surface area contributed by atoms with Crippen LogP contribution >= 0.6 is 0 Å². The number of carbonyl (C=O) groups excluding carboxylic acids is 2. The van der Waals surface area contributed by atoms with Gasteiger partial charge in [-0.2, -0.15) is 0 Å². The molecule has 142 valence electrons. The molecule has 2 heterocycles. The summed E-state index contributed by atoms with van der Waals surface area (Å²) >= 11 is 0. The molecule has 4 rings (SSSR count). The van der Waals surface area contributed by atoms with Crippen LogP contribution < -0.4 is 0 Å². The highest BCUT2D eigenvalue weighted by molar-refractivity contribution is 6.02. The van der Waals surface area contributed by atoms with Gasteiger partial charge in [-0.1, -0.05) is 12.1 Å². The Hall–Kier alpha value is -3.25. The number of ether oxygens (including phenoxy) is 2. The Bertz CT molecular complexity index is 1020. The van der Waals surface area contributed by atoms with Gasteiger partial charge in [0, 0.05) is 30.2 Å². The number of methoxy groups -OCH3 is 1. The molecule has 1 saturated heterocycles.